The molecule has 0 aliphatic heterocycles. The summed E-state index contributed by atoms with van der Waals surface area (Å²) in [7, 11) is 3.08. The molecular formula is C25H27N5O5. The van der Waals surface area contributed by atoms with Crippen LogP contribution >= 0.6 is 0 Å². The molecule has 0 fully saturated rings. The molecule has 0 radical (unpaired) electrons. The molecule has 10 nitrogen and oxygen atoms in total. The molecule has 182 valence electrons. The molecule has 0 atom stereocenters. The molecule has 0 amide bonds. The van der Waals surface area contributed by atoms with Crippen LogP contribution in [-0.4, -0.2) is 49.6 Å². The Balaban J connectivity index is 1.80. The highest BCUT2D eigenvalue weighted by molar-refractivity contribution is 5.88. The van der Waals surface area contributed by atoms with Crippen molar-refractivity contribution >= 4 is 0 Å². The van der Waals surface area contributed by atoms with Gasteiger partial charge < -0.3 is 24.1 Å². The van der Waals surface area contributed by atoms with Gasteiger partial charge in [0.2, 0.25) is 11.8 Å². The summed E-state index contributed by atoms with van der Waals surface area (Å²) in [6, 6.07) is 7.07. The van der Waals surface area contributed by atoms with E-state index in [2.05, 4.69) is 32.1 Å². The summed E-state index contributed by atoms with van der Waals surface area (Å²) in [5, 5.41) is 30.4. The molecule has 0 aliphatic carbocycles. The lowest BCUT2D eigenvalue weighted by Gasteiger charge is -2.18. The third-order valence-electron chi connectivity index (χ3n) is 5.53. The van der Waals surface area contributed by atoms with Gasteiger partial charge in [-0.1, -0.05) is 19.4 Å². The number of aryl methyl sites for hydroxylation is 3. The molecule has 0 bridgehead atoms. The molecule has 1 aromatic carbocycles. The summed E-state index contributed by atoms with van der Waals surface area (Å²) in [5.74, 6) is 1.26. The largest absolute Gasteiger partial charge is 0.506 e. The zero-order valence-corrected chi connectivity index (χ0v) is 19.9. The van der Waals surface area contributed by atoms with Gasteiger partial charge >= 0.3 is 0 Å². The quantitative estimate of drug-likeness (QED) is 0.343. The van der Waals surface area contributed by atoms with Gasteiger partial charge in [0, 0.05) is 25.2 Å². The minimum atomic E-state index is -0.396. The number of methoxy groups -OCH3 is 2. The molecule has 3 heterocycles. The average Bonchev–Trinajstić information content (AvgIpc) is 3.34. The normalized spacial score (nSPS) is 10.9. The fourth-order valence-electron chi connectivity index (χ4n) is 3.82. The Bertz CT molecular complexity index is 1270. The number of pyridine rings is 1. The number of aromatic hydroxyl groups is 2. The van der Waals surface area contributed by atoms with Gasteiger partial charge in [-0.2, -0.15) is 0 Å². The van der Waals surface area contributed by atoms with Gasteiger partial charge in [-0.05, 0) is 31.0 Å². The Kier molecular flexibility index (Phi) is 7.39. The van der Waals surface area contributed by atoms with Gasteiger partial charge in [-0.3, -0.25) is 0 Å². The number of hydrogen-bond donors (Lipinski definition) is 2. The lowest BCUT2D eigenvalue weighted by molar-refractivity contribution is 0.395. The summed E-state index contributed by atoms with van der Waals surface area (Å²) < 4.78 is 16.9. The van der Waals surface area contributed by atoms with Gasteiger partial charge in [0.1, 0.15) is 28.6 Å². The van der Waals surface area contributed by atoms with Gasteiger partial charge in [0.25, 0.3) is 5.89 Å². The lowest BCUT2D eigenvalue weighted by Crippen LogP contribution is -2.01. The third-order valence-corrected chi connectivity index (χ3v) is 5.53. The van der Waals surface area contributed by atoms with Crippen molar-refractivity contribution in [1.82, 2.24) is 25.1 Å². The predicted molar refractivity (Wildman–Crippen MR) is 127 cm³/mol. The Labute approximate surface area is 202 Å². The Morgan fingerprint density at radius 1 is 0.857 bits per heavy atom. The molecule has 0 saturated carbocycles. The molecule has 0 saturated heterocycles. The third kappa shape index (κ3) is 5.01. The summed E-state index contributed by atoms with van der Waals surface area (Å²) in [6.45, 7) is 2.05. The van der Waals surface area contributed by atoms with Crippen molar-refractivity contribution in [3.05, 3.63) is 54.1 Å². The molecule has 0 aliphatic rings. The Morgan fingerprint density at radius 2 is 1.57 bits per heavy atom. The molecule has 4 aromatic rings. The first kappa shape index (κ1) is 23.9. The van der Waals surface area contributed by atoms with Gasteiger partial charge in [0.05, 0.1) is 31.0 Å². The highest BCUT2D eigenvalue weighted by Crippen LogP contribution is 2.49. The number of rotatable bonds is 10. The van der Waals surface area contributed by atoms with E-state index in [-0.39, 0.29) is 17.2 Å². The van der Waals surface area contributed by atoms with Crippen LogP contribution in [0.25, 0.3) is 22.6 Å². The van der Waals surface area contributed by atoms with E-state index < -0.39 is 5.88 Å². The van der Waals surface area contributed by atoms with Crippen LogP contribution in [0.5, 0.6) is 23.1 Å². The number of ether oxygens (including phenoxy) is 2. The molecule has 0 unspecified atom stereocenters. The first-order valence-corrected chi connectivity index (χ1v) is 11.3. The lowest BCUT2D eigenvalue weighted by atomic mass is 9.95. The number of benzene rings is 1. The Morgan fingerprint density at radius 3 is 2.23 bits per heavy atom. The van der Waals surface area contributed by atoms with Crippen LogP contribution in [0.1, 0.15) is 37.2 Å². The van der Waals surface area contributed by atoms with E-state index in [4.69, 9.17) is 13.9 Å². The van der Waals surface area contributed by atoms with Gasteiger partial charge in [-0.25, -0.2) is 15.0 Å². The van der Waals surface area contributed by atoms with Gasteiger partial charge in [0.15, 0.2) is 0 Å². The fraction of sp³-hybridized carbons (Fsp3) is 0.320. The second kappa shape index (κ2) is 10.8. The number of nitrogens with zero attached hydrogens (tertiary/aromatic N) is 5. The molecule has 3 aromatic heterocycles. The summed E-state index contributed by atoms with van der Waals surface area (Å²) in [6.07, 6.45) is 6.47. The molecule has 4 rings (SSSR count). The first-order valence-electron chi connectivity index (χ1n) is 11.3. The maximum absolute atomic E-state index is 11.5. The zero-order chi connectivity index (χ0) is 24.8. The second-order valence-corrected chi connectivity index (χ2v) is 7.79. The smallest absolute Gasteiger partial charge is 0.256 e. The van der Waals surface area contributed by atoms with Crippen molar-refractivity contribution in [3.8, 4) is 45.7 Å². The molecule has 35 heavy (non-hydrogen) atoms. The van der Waals surface area contributed by atoms with Crippen molar-refractivity contribution in [1.29, 1.82) is 0 Å². The summed E-state index contributed by atoms with van der Waals surface area (Å²) in [4.78, 5) is 12.8. The molecular weight excluding hydrogens is 450 g/mol. The van der Waals surface area contributed by atoms with E-state index in [9.17, 15) is 10.2 Å². The number of hydrogen-bond acceptors (Lipinski definition) is 10. The number of unbranched alkanes of at least 4 members (excludes halogenated alkanes) is 1. The topological polar surface area (TPSA) is 137 Å². The monoisotopic (exact) mass is 477 g/mol. The van der Waals surface area contributed by atoms with E-state index in [0.717, 1.165) is 12.8 Å². The maximum atomic E-state index is 11.5. The van der Waals surface area contributed by atoms with Crippen LogP contribution < -0.4 is 9.47 Å². The minimum Gasteiger partial charge on any atom is -0.506 e. The molecule has 2 N–H and O–H groups in total. The number of aromatic nitrogens is 5. The van der Waals surface area contributed by atoms with Crippen molar-refractivity contribution in [3.63, 3.8) is 0 Å². The maximum Gasteiger partial charge on any atom is 0.256 e. The second-order valence-electron chi connectivity index (χ2n) is 7.79. The van der Waals surface area contributed by atoms with Gasteiger partial charge in [-0.15, -0.1) is 10.2 Å². The van der Waals surface area contributed by atoms with Crippen molar-refractivity contribution in [2.75, 3.05) is 14.2 Å². The first-order chi connectivity index (χ1) is 17.1. The molecule has 10 heteroatoms. The Hall–Kier alpha value is -4.21. The van der Waals surface area contributed by atoms with E-state index in [0.29, 0.717) is 59.3 Å². The minimum absolute atomic E-state index is 0.0476. The highest BCUT2D eigenvalue weighted by Gasteiger charge is 2.28. The van der Waals surface area contributed by atoms with Crippen molar-refractivity contribution < 1.29 is 24.1 Å². The van der Waals surface area contributed by atoms with E-state index in [1.807, 2.05) is 0 Å². The van der Waals surface area contributed by atoms with Crippen LogP contribution in [0.2, 0.25) is 0 Å². The predicted octanol–water partition coefficient (Wildman–Crippen LogP) is 4.14. The van der Waals surface area contributed by atoms with E-state index in [1.54, 1.807) is 36.7 Å². The van der Waals surface area contributed by atoms with E-state index in [1.165, 1.54) is 14.2 Å². The van der Waals surface area contributed by atoms with Crippen LogP contribution in [-0.2, 0) is 19.3 Å². The van der Waals surface area contributed by atoms with Crippen LogP contribution in [0.4, 0.5) is 0 Å². The summed E-state index contributed by atoms with van der Waals surface area (Å²) in [5.41, 5.74) is 1.37. The zero-order valence-electron chi connectivity index (χ0n) is 19.9. The van der Waals surface area contributed by atoms with Crippen LogP contribution in [0.15, 0.2) is 41.1 Å². The SMILES string of the molecule is CCCCc1nc(O)c(-c2nnc(CCc3ncccn3)o2)c(O)c1-c1c(OC)cccc1OC. The van der Waals surface area contributed by atoms with Crippen LogP contribution in [0.3, 0.4) is 0 Å². The highest BCUT2D eigenvalue weighted by atomic mass is 16.5. The van der Waals surface area contributed by atoms with Crippen molar-refractivity contribution in [2.24, 2.45) is 0 Å². The van der Waals surface area contributed by atoms with E-state index >= 15 is 0 Å². The van der Waals surface area contributed by atoms with Crippen molar-refractivity contribution in [2.45, 2.75) is 39.0 Å². The standard InChI is InChI=1S/C25H27N5O5/c1-4-5-8-15-20(21-16(33-2)9-6-10-17(21)34-3)23(31)22(24(32)28-15)25-30-29-19(35-25)12-11-18-26-13-7-14-27-18/h6-7,9-10,13-14H,4-5,8,11-12H2,1-3H3,(H2,28,31,32). The molecule has 0 spiro atoms. The van der Waals surface area contributed by atoms with Crippen LogP contribution in [0, 0.1) is 0 Å². The average molecular weight is 478 g/mol. The fourth-order valence-corrected chi connectivity index (χ4v) is 3.82. The summed E-state index contributed by atoms with van der Waals surface area (Å²) >= 11 is 0.